The number of hydrogen-bond acceptors (Lipinski definition) is 6. The van der Waals surface area contributed by atoms with Crippen LogP contribution in [0.5, 0.6) is 0 Å². The molecule has 0 saturated carbocycles. The van der Waals surface area contributed by atoms with Gasteiger partial charge in [0.1, 0.15) is 5.58 Å². The summed E-state index contributed by atoms with van der Waals surface area (Å²) in [4.78, 5) is 37.4. The lowest BCUT2D eigenvalue weighted by molar-refractivity contribution is -0.123. The number of fused-ring (bicyclic) bond motifs is 1. The highest BCUT2D eigenvalue weighted by molar-refractivity contribution is 8.26. The summed E-state index contributed by atoms with van der Waals surface area (Å²) in [5.41, 5.74) is 2.80. The van der Waals surface area contributed by atoms with E-state index < -0.39 is 17.6 Å². The molecular formula is C20H11Cl2N3O4S2. The lowest BCUT2D eigenvalue weighted by Gasteiger charge is -2.16. The van der Waals surface area contributed by atoms with Crippen molar-refractivity contribution in [3.05, 3.63) is 79.5 Å². The minimum Gasteiger partial charge on any atom is -0.422 e. The van der Waals surface area contributed by atoms with Crippen LogP contribution in [0.25, 0.3) is 17.0 Å². The van der Waals surface area contributed by atoms with Gasteiger partial charge in [0.15, 0.2) is 4.32 Å². The van der Waals surface area contributed by atoms with Crippen molar-refractivity contribution >= 4 is 86.2 Å². The highest BCUT2D eigenvalue weighted by Gasteiger charge is 2.34. The third kappa shape index (κ3) is 4.59. The van der Waals surface area contributed by atoms with Crippen LogP contribution in [0.3, 0.4) is 0 Å². The van der Waals surface area contributed by atoms with E-state index in [0.717, 1.165) is 16.8 Å². The van der Waals surface area contributed by atoms with Crippen LogP contribution in [0.4, 0.5) is 10.5 Å². The second-order valence-electron chi connectivity index (χ2n) is 6.24. The first-order chi connectivity index (χ1) is 14.8. The first-order valence-corrected chi connectivity index (χ1v) is 10.6. The zero-order valence-corrected chi connectivity index (χ0v) is 18.5. The topological polar surface area (TPSA) is 91.7 Å². The van der Waals surface area contributed by atoms with Crippen LogP contribution in [0.1, 0.15) is 5.56 Å². The summed E-state index contributed by atoms with van der Waals surface area (Å²) in [7, 11) is 0. The number of hydrazine groups is 1. The summed E-state index contributed by atoms with van der Waals surface area (Å²) in [5.74, 6) is -0.577. The van der Waals surface area contributed by atoms with E-state index >= 15 is 0 Å². The van der Waals surface area contributed by atoms with Crippen LogP contribution < -0.4 is 16.4 Å². The summed E-state index contributed by atoms with van der Waals surface area (Å²) >= 11 is 17.9. The zero-order valence-electron chi connectivity index (χ0n) is 15.3. The molecule has 1 fully saturated rings. The van der Waals surface area contributed by atoms with E-state index in [4.69, 9.17) is 39.8 Å². The van der Waals surface area contributed by atoms with E-state index in [1.54, 1.807) is 30.3 Å². The number of rotatable bonds is 3. The number of halogens is 2. The summed E-state index contributed by atoms with van der Waals surface area (Å²) in [6.07, 6.45) is 1.39. The van der Waals surface area contributed by atoms with Crippen LogP contribution >= 0.6 is 47.2 Å². The average Bonchev–Trinajstić information content (AvgIpc) is 2.98. The molecule has 0 atom stereocenters. The fraction of sp³-hybridized carbons (Fsp3) is 0. The molecule has 0 unspecified atom stereocenters. The molecule has 11 heteroatoms. The Morgan fingerprint density at radius 3 is 2.65 bits per heavy atom. The number of nitrogens with zero attached hydrogens (tertiary/aromatic N) is 1. The molecule has 3 aromatic rings. The Balaban J connectivity index is 1.52. The van der Waals surface area contributed by atoms with Crippen LogP contribution in [0.15, 0.2) is 62.6 Å². The molecule has 156 valence electrons. The third-order valence-corrected chi connectivity index (χ3v) is 6.18. The monoisotopic (exact) mass is 491 g/mol. The molecule has 2 heterocycles. The zero-order chi connectivity index (χ0) is 22.1. The summed E-state index contributed by atoms with van der Waals surface area (Å²) in [6.45, 7) is 0. The standard InChI is InChI=1S/C20H11Cl2N3O4S2/c21-13-6-5-12(9-14(13)22)23-19(28)24-25-17(26)16(31-20(25)30)8-11-7-10-3-1-2-4-15(10)29-18(11)27/h1-9H,(H2,23,24,28)/b16-8+. The summed E-state index contributed by atoms with van der Waals surface area (Å²) < 4.78 is 5.38. The van der Waals surface area contributed by atoms with Crippen molar-refractivity contribution in [3.8, 4) is 0 Å². The number of thioether (sulfide) groups is 1. The van der Waals surface area contributed by atoms with Crippen molar-refractivity contribution in [1.29, 1.82) is 0 Å². The molecule has 1 aliphatic heterocycles. The first kappa shape index (κ1) is 21.4. The predicted molar refractivity (Wildman–Crippen MR) is 126 cm³/mol. The first-order valence-electron chi connectivity index (χ1n) is 8.65. The maximum absolute atomic E-state index is 12.7. The molecule has 1 aliphatic rings. The van der Waals surface area contributed by atoms with Crippen LogP contribution in [-0.2, 0) is 4.79 Å². The van der Waals surface area contributed by atoms with Gasteiger partial charge in [-0.1, -0.05) is 53.2 Å². The molecule has 2 N–H and O–H groups in total. The lowest BCUT2D eigenvalue weighted by atomic mass is 10.2. The number of carbonyl (C=O) groups is 2. The van der Waals surface area contributed by atoms with Gasteiger partial charge in [-0.25, -0.2) is 15.0 Å². The molecule has 4 rings (SSSR count). The number of thiocarbonyl (C=S) groups is 1. The molecule has 0 aliphatic carbocycles. The molecule has 0 bridgehead atoms. The minimum atomic E-state index is -0.707. The van der Waals surface area contributed by atoms with Crippen LogP contribution in [-0.4, -0.2) is 21.3 Å². The maximum atomic E-state index is 12.7. The molecule has 3 amide bonds. The van der Waals surface area contributed by atoms with E-state index in [1.165, 1.54) is 18.2 Å². The van der Waals surface area contributed by atoms with Gasteiger partial charge in [0.05, 0.1) is 20.5 Å². The largest absolute Gasteiger partial charge is 0.422 e. The van der Waals surface area contributed by atoms with Gasteiger partial charge in [-0.05, 0) is 48.6 Å². The van der Waals surface area contributed by atoms with E-state index in [9.17, 15) is 14.4 Å². The Labute approximate surface area is 195 Å². The van der Waals surface area contributed by atoms with Gasteiger partial charge in [0.2, 0.25) is 0 Å². The fourth-order valence-electron chi connectivity index (χ4n) is 2.72. The van der Waals surface area contributed by atoms with Gasteiger partial charge in [-0.3, -0.25) is 4.79 Å². The van der Waals surface area contributed by atoms with Crippen molar-refractivity contribution < 1.29 is 14.0 Å². The van der Waals surface area contributed by atoms with Gasteiger partial charge >= 0.3 is 11.7 Å². The lowest BCUT2D eigenvalue weighted by Crippen LogP contribution is -2.46. The predicted octanol–water partition coefficient (Wildman–Crippen LogP) is 5.04. The van der Waals surface area contributed by atoms with Gasteiger partial charge < -0.3 is 9.73 Å². The highest BCUT2D eigenvalue weighted by Crippen LogP contribution is 2.31. The minimum absolute atomic E-state index is 0.103. The van der Waals surface area contributed by atoms with E-state index in [0.29, 0.717) is 21.7 Å². The number of urea groups is 1. The molecule has 0 spiro atoms. The van der Waals surface area contributed by atoms with Gasteiger partial charge in [-0.15, -0.1) is 0 Å². The van der Waals surface area contributed by atoms with Crippen LogP contribution in [0, 0.1) is 0 Å². The SMILES string of the molecule is O=C(Nc1ccc(Cl)c(Cl)c1)NN1C(=O)/C(=C\c2cc3ccccc3oc2=O)SC1=S. The maximum Gasteiger partial charge on any atom is 0.343 e. The number of anilines is 1. The Hall–Kier alpha value is -2.85. The Bertz CT molecular complexity index is 1340. The Kier molecular flexibility index (Phi) is 6.01. The smallest absolute Gasteiger partial charge is 0.343 e. The second kappa shape index (κ2) is 8.72. The van der Waals surface area contributed by atoms with Gasteiger partial charge in [0.25, 0.3) is 5.91 Å². The molecule has 2 aromatic carbocycles. The number of para-hydroxylation sites is 1. The number of carbonyl (C=O) groups excluding carboxylic acids is 2. The molecule has 0 radical (unpaired) electrons. The number of nitrogens with one attached hydrogen (secondary N) is 2. The van der Waals surface area contributed by atoms with Gasteiger partial charge in [-0.2, -0.15) is 5.01 Å². The molecule has 1 saturated heterocycles. The Morgan fingerprint density at radius 2 is 1.87 bits per heavy atom. The summed E-state index contributed by atoms with van der Waals surface area (Å²) in [6, 6.07) is 12.5. The fourth-order valence-corrected chi connectivity index (χ4v) is 4.19. The second-order valence-corrected chi connectivity index (χ2v) is 8.73. The quantitative estimate of drug-likeness (QED) is 0.303. The molecule has 7 nitrogen and oxygen atoms in total. The van der Waals surface area contributed by atoms with Crippen molar-refractivity contribution in [3.63, 3.8) is 0 Å². The van der Waals surface area contributed by atoms with Crippen molar-refractivity contribution in [1.82, 2.24) is 10.4 Å². The van der Waals surface area contributed by atoms with Crippen molar-refractivity contribution in [2.75, 3.05) is 5.32 Å². The third-order valence-electron chi connectivity index (χ3n) is 4.14. The number of amides is 3. The number of benzene rings is 2. The molecular weight excluding hydrogens is 481 g/mol. The van der Waals surface area contributed by atoms with Gasteiger partial charge in [0, 0.05) is 11.1 Å². The average molecular weight is 492 g/mol. The van der Waals surface area contributed by atoms with E-state index in [1.807, 2.05) is 6.07 Å². The van der Waals surface area contributed by atoms with E-state index in [2.05, 4.69) is 10.7 Å². The normalized spacial score (nSPS) is 15.0. The highest BCUT2D eigenvalue weighted by atomic mass is 35.5. The molecule has 31 heavy (non-hydrogen) atoms. The molecule has 1 aromatic heterocycles. The summed E-state index contributed by atoms with van der Waals surface area (Å²) in [5, 5.41) is 4.77. The van der Waals surface area contributed by atoms with Crippen LogP contribution in [0.2, 0.25) is 10.0 Å². The Morgan fingerprint density at radius 1 is 1.10 bits per heavy atom. The number of hydrogen-bond donors (Lipinski definition) is 2. The van der Waals surface area contributed by atoms with E-state index in [-0.39, 0.29) is 19.8 Å². The van der Waals surface area contributed by atoms with Crippen molar-refractivity contribution in [2.24, 2.45) is 0 Å². The van der Waals surface area contributed by atoms with Crippen molar-refractivity contribution in [2.45, 2.75) is 0 Å².